The minimum Gasteiger partial charge on any atom is -0.302 e. The summed E-state index contributed by atoms with van der Waals surface area (Å²) in [5, 5.41) is 0. The molecule has 0 radical (unpaired) electrons. The highest BCUT2D eigenvalue weighted by molar-refractivity contribution is 5.82. The van der Waals surface area contributed by atoms with Gasteiger partial charge in [-0.2, -0.15) is 0 Å². The van der Waals surface area contributed by atoms with Crippen molar-refractivity contribution < 1.29 is 4.79 Å². The Morgan fingerprint density at radius 2 is 2.30 bits per heavy atom. The van der Waals surface area contributed by atoms with Crippen LogP contribution in [0.1, 0.15) is 19.3 Å². The van der Waals surface area contributed by atoms with Crippen LogP contribution in [-0.4, -0.2) is 30.3 Å². The summed E-state index contributed by atoms with van der Waals surface area (Å²) in [7, 11) is 0. The van der Waals surface area contributed by atoms with Gasteiger partial charge in [-0.3, -0.25) is 4.79 Å². The molecule has 0 amide bonds. The van der Waals surface area contributed by atoms with E-state index in [0.717, 1.165) is 25.9 Å². The van der Waals surface area contributed by atoms with Gasteiger partial charge in [-0.1, -0.05) is 0 Å². The first-order valence-electron chi connectivity index (χ1n) is 4.11. The standard InChI is InChI=1S/C8H13NO/c10-8-3-5-9-4-1-2-7(8)6-9/h7H,1-6H2/t7-/m0/s1. The minimum atomic E-state index is 0.405. The van der Waals surface area contributed by atoms with Gasteiger partial charge < -0.3 is 4.90 Å². The van der Waals surface area contributed by atoms with Crippen molar-refractivity contribution in [3.63, 3.8) is 0 Å². The second kappa shape index (κ2) is 2.35. The zero-order chi connectivity index (χ0) is 6.97. The fraction of sp³-hybridized carbons (Fsp3) is 0.875. The van der Waals surface area contributed by atoms with Crippen LogP contribution < -0.4 is 0 Å². The highest BCUT2D eigenvalue weighted by atomic mass is 16.1. The molecule has 2 fully saturated rings. The van der Waals surface area contributed by atoms with Crippen LogP contribution in [0.2, 0.25) is 0 Å². The van der Waals surface area contributed by atoms with E-state index in [0.29, 0.717) is 11.7 Å². The largest absolute Gasteiger partial charge is 0.302 e. The summed E-state index contributed by atoms with van der Waals surface area (Å²) in [5.74, 6) is 0.915. The molecule has 10 heavy (non-hydrogen) atoms. The van der Waals surface area contributed by atoms with E-state index in [-0.39, 0.29) is 0 Å². The number of Topliss-reactive ketones (excluding diaryl/α,β-unsaturated/α-hetero) is 1. The summed E-state index contributed by atoms with van der Waals surface area (Å²) in [6.45, 7) is 3.30. The Hall–Kier alpha value is -0.370. The Morgan fingerprint density at radius 1 is 1.40 bits per heavy atom. The summed E-state index contributed by atoms with van der Waals surface area (Å²) in [4.78, 5) is 13.6. The van der Waals surface area contributed by atoms with Crippen molar-refractivity contribution >= 4 is 5.78 Å². The average molecular weight is 139 g/mol. The maximum absolute atomic E-state index is 11.2. The molecule has 2 atom stereocenters. The Labute approximate surface area is 61.2 Å². The number of piperidine rings is 2. The molecule has 2 bridgehead atoms. The third-order valence-corrected chi connectivity index (χ3v) is 2.64. The second-order valence-electron chi connectivity index (χ2n) is 3.36. The predicted molar refractivity (Wildman–Crippen MR) is 38.8 cm³/mol. The molecule has 2 aliphatic heterocycles. The number of hydrogen-bond acceptors (Lipinski definition) is 2. The van der Waals surface area contributed by atoms with Crippen molar-refractivity contribution in [2.45, 2.75) is 19.3 Å². The van der Waals surface area contributed by atoms with E-state index in [2.05, 4.69) is 4.90 Å². The Bertz CT molecular complexity index is 155. The van der Waals surface area contributed by atoms with Gasteiger partial charge in [-0.15, -0.1) is 0 Å². The van der Waals surface area contributed by atoms with Crippen LogP contribution in [0.4, 0.5) is 0 Å². The minimum absolute atomic E-state index is 0.405. The quantitative estimate of drug-likeness (QED) is 0.491. The average Bonchev–Trinajstić information content (AvgIpc) is 1.99. The van der Waals surface area contributed by atoms with Crippen molar-refractivity contribution in [3.8, 4) is 0 Å². The normalized spacial score (nSPS) is 39.8. The van der Waals surface area contributed by atoms with Gasteiger partial charge >= 0.3 is 0 Å². The van der Waals surface area contributed by atoms with Gasteiger partial charge in [-0.25, -0.2) is 0 Å². The lowest BCUT2D eigenvalue weighted by molar-refractivity contribution is -0.127. The predicted octanol–water partition coefficient (Wildman–Crippen LogP) is 0.671. The fourth-order valence-electron chi connectivity index (χ4n) is 1.99. The zero-order valence-corrected chi connectivity index (χ0v) is 6.18. The van der Waals surface area contributed by atoms with Crippen LogP contribution in [0.25, 0.3) is 0 Å². The van der Waals surface area contributed by atoms with Crippen LogP contribution >= 0.6 is 0 Å². The molecule has 0 spiro atoms. The zero-order valence-electron chi connectivity index (χ0n) is 6.18. The second-order valence-corrected chi connectivity index (χ2v) is 3.36. The van der Waals surface area contributed by atoms with E-state index < -0.39 is 0 Å². The Morgan fingerprint density at radius 3 is 3.10 bits per heavy atom. The molecule has 2 aliphatic rings. The van der Waals surface area contributed by atoms with Crippen LogP contribution in [-0.2, 0) is 4.79 Å². The maximum atomic E-state index is 11.2. The molecule has 2 heterocycles. The SMILES string of the molecule is O=C1CCN2CCC[C@H]1C2. The maximum Gasteiger partial charge on any atom is 0.138 e. The molecule has 0 saturated carbocycles. The number of ketones is 1. The number of nitrogens with zero attached hydrogens (tertiary/aromatic N) is 1. The van der Waals surface area contributed by atoms with Crippen molar-refractivity contribution in [3.05, 3.63) is 0 Å². The van der Waals surface area contributed by atoms with Crippen molar-refractivity contribution in [2.75, 3.05) is 19.6 Å². The van der Waals surface area contributed by atoms with E-state index in [9.17, 15) is 4.79 Å². The number of hydrogen-bond donors (Lipinski definition) is 0. The monoisotopic (exact) mass is 139 g/mol. The molecule has 0 aromatic carbocycles. The van der Waals surface area contributed by atoms with Gasteiger partial charge in [0.2, 0.25) is 0 Å². The van der Waals surface area contributed by atoms with Crippen LogP contribution in [0.15, 0.2) is 0 Å². The highest BCUT2D eigenvalue weighted by Crippen LogP contribution is 2.22. The molecule has 0 aliphatic carbocycles. The molecule has 0 aromatic rings. The number of carbonyl (C=O) groups excluding carboxylic acids is 1. The number of rotatable bonds is 0. The molecular weight excluding hydrogens is 126 g/mol. The van der Waals surface area contributed by atoms with E-state index in [4.69, 9.17) is 0 Å². The van der Waals surface area contributed by atoms with Crippen molar-refractivity contribution in [2.24, 2.45) is 5.92 Å². The van der Waals surface area contributed by atoms with E-state index >= 15 is 0 Å². The number of fused-ring (bicyclic) bond motifs is 2. The molecule has 2 saturated heterocycles. The first-order chi connectivity index (χ1) is 4.86. The first kappa shape index (κ1) is 6.35. The smallest absolute Gasteiger partial charge is 0.138 e. The van der Waals surface area contributed by atoms with Gasteiger partial charge in [0, 0.05) is 25.4 Å². The first-order valence-corrected chi connectivity index (χ1v) is 4.11. The molecule has 2 heteroatoms. The lowest BCUT2D eigenvalue weighted by atomic mass is 9.88. The van der Waals surface area contributed by atoms with E-state index in [1.807, 2.05) is 0 Å². The lowest BCUT2D eigenvalue weighted by Gasteiger charge is -2.36. The van der Waals surface area contributed by atoms with E-state index in [1.165, 1.54) is 13.0 Å². The third kappa shape index (κ3) is 0.966. The fourth-order valence-corrected chi connectivity index (χ4v) is 1.99. The molecular formula is C8H13NO. The highest BCUT2D eigenvalue weighted by Gasteiger charge is 2.29. The lowest BCUT2D eigenvalue weighted by Crippen LogP contribution is -2.44. The van der Waals surface area contributed by atoms with Gasteiger partial charge in [0.1, 0.15) is 5.78 Å². The molecule has 56 valence electrons. The van der Waals surface area contributed by atoms with Crippen molar-refractivity contribution in [1.29, 1.82) is 0 Å². The summed E-state index contributed by atoms with van der Waals surface area (Å²) in [6, 6.07) is 0. The molecule has 0 N–H and O–H groups in total. The van der Waals surface area contributed by atoms with Crippen LogP contribution in [0.5, 0.6) is 0 Å². The van der Waals surface area contributed by atoms with Crippen LogP contribution in [0.3, 0.4) is 0 Å². The summed E-state index contributed by atoms with van der Waals surface area (Å²) >= 11 is 0. The van der Waals surface area contributed by atoms with Crippen LogP contribution in [0, 0.1) is 5.92 Å². The number of carbonyl (C=O) groups is 1. The summed E-state index contributed by atoms with van der Waals surface area (Å²) in [5.41, 5.74) is 0. The Kier molecular flexibility index (Phi) is 1.49. The van der Waals surface area contributed by atoms with Gasteiger partial charge in [-0.05, 0) is 19.4 Å². The topological polar surface area (TPSA) is 20.3 Å². The summed E-state index contributed by atoms with van der Waals surface area (Å²) < 4.78 is 0. The molecule has 2 rings (SSSR count). The Balaban J connectivity index is 2.07. The van der Waals surface area contributed by atoms with Gasteiger partial charge in [0.25, 0.3) is 0 Å². The van der Waals surface area contributed by atoms with Crippen molar-refractivity contribution in [1.82, 2.24) is 4.90 Å². The summed E-state index contributed by atoms with van der Waals surface area (Å²) in [6.07, 6.45) is 3.19. The van der Waals surface area contributed by atoms with Gasteiger partial charge in [0.15, 0.2) is 0 Å². The third-order valence-electron chi connectivity index (χ3n) is 2.64. The molecule has 0 aromatic heterocycles. The molecule has 1 unspecified atom stereocenters. The van der Waals surface area contributed by atoms with Gasteiger partial charge in [0.05, 0.1) is 0 Å². The molecule has 2 nitrogen and oxygen atoms in total. The van der Waals surface area contributed by atoms with E-state index in [1.54, 1.807) is 0 Å².